The number of aryl methyl sites for hydroxylation is 2. The molecule has 0 aliphatic carbocycles. The number of fused-ring (bicyclic) bond motifs is 1. The number of para-hydroxylation sites is 2. The fourth-order valence-corrected chi connectivity index (χ4v) is 5.47. The van der Waals surface area contributed by atoms with Crippen molar-refractivity contribution in [1.29, 1.82) is 0 Å². The second kappa shape index (κ2) is 5.79. The minimum absolute atomic E-state index is 0.00369. The van der Waals surface area contributed by atoms with Crippen molar-refractivity contribution in [2.75, 3.05) is 0 Å². The molecule has 2 aliphatic rings. The summed E-state index contributed by atoms with van der Waals surface area (Å²) in [7, 11) is 0. The summed E-state index contributed by atoms with van der Waals surface area (Å²) in [6.45, 7) is 1.00. The second-order valence-electron chi connectivity index (χ2n) is 7.79. The van der Waals surface area contributed by atoms with Gasteiger partial charge in [-0.3, -0.25) is 4.79 Å². The number of amides is 1. The topological polar surface area (TPSA) is 49.8 Å². The smallest absolute Gasteiger partial charge is 0.233 e. The van der Waals surface area contributed by atoms with Gasteiger partial charge in [0.15, 0.2) is 0 Å². The van der Waals surface area contributed by atoms with Gasteiger partial charge in [0.1, 0.15) is 0 Å². The first-order chi connectivity index (χ1) is 13.7. The van der Waals surface area contributed by atoms with Crippen molar-refractivity contribution in [3.63, 3.8) is 0 Å². The molecule has 4 heterocycles. The SMILES string of the molecule is O=C1NC(=S)C(c2c[nH]c3ccccc23)[C@@H]1c1cn2c3c(cccc13)CCC2. The van der Waals surface area contributed by atoms with E-state index in [1.54, 1.807) is 0 Å². The lowest BCUT2D eigenvalue weighted by Gasteiger charge is -2.16. The predicted molar refractivity (Wildman–Crippen MR) is 115 cm³/mol. The van der Waals surface area contributed by atoms with Crippen LogP contribution in [0.3, 0.4) is 0 Å². The molecule has 138 valence electrons. The van der Waals surface area contributed by atoms with Gasteiger partial charge in [0.25, 0.3) is 0 Å². The Kier molecular flexibility index (Phi) is 3.32. The Morgan fingerprint density at radius 1 is 1.00 bits per heavy atom. The van der Waals surface area contributed by atoms with Crippen molar-refractivity contribution in [3.8, 4) is 0 Å². The first kappa shape index (κ1) is 16.1. The van der Waals surface area contributed by atoms with E-state index in [0.717, 1.165) is 41.4 Å². The summed E-state index contributed by atoms with van der Waals surface area (Å²) < 4.78 is 2.32. The third-order valence-corrected chi connectivity index (χ3v) is 6.65. The van der Waals surface area contributed by atoms with Crippen LogP contribution < -0.4 is 5.32 Å². The van der Waals surface area contributed by atoms with Gasteiger partial charge in [-0.05, 0) is 35.6 Å². The summed E-state index contributed by atoms with van der Waals surface area (Å²) in [4.78, 5) is 17.0. The third kappa shape index (κ3) is 2.11. The van der Waals surface area contributed by atoms with Crippen molar-refractivity contribution in [2.45, 2.75) is 31.2 Å². The van der Waals surface area contributed by atoms with E-state index in [9.17, 15) is 4.79 Å². The van der Waals surface area contributed by atoms with Gasteiger partial charge in [-0.15, -0.1) is 0 Å². The molecule has 0 radical (unpaired) electrons. The Morgan fingerprint density at radius 2 is 1.86 bits per heavy atom. The van der Waals surface area contributed by atoms with Crippen LogP contribution in [0, 0.1) is 0 Å². The van der Waals surface area contributed by atoms with E-state index in [-0.39, 0.29) is 17.7 Å². The number of rotatable bonds is 2. The minimum Gasteiger partial charge on any atom is -0.361 e. The summed E-state index contributed by atoms with van der Waals surface area (Å²) in [6, 6.07) is 14.7. The Labute approximate surface area is 167 Å². The van der Waals surface area contributed by atoms with Crippen LogP contribution in [0.5, 0.6) is 0 Å². The van der Waals surface area contributed by atoms with Crippen LogP contribution in [0.4, 0.5) is 0 Å². The maximum absolute atomic E-state index is 13.1. The van der Waals surface area contributed by atoms with Gasteiger partial charge in [0, 0.05) is 35.2 Å². The van der Waals surface area contributed by atoms with Crippen molar-refractivity contribution in [3.05, 3.63) is 71.5 Å². The number of hydrogen-bond acceptors (Lipinski definition) is 2. The second-order valence-corrected chi connectivity index (χ2v) is 8.23. The number of thiocarbonyl (C=S) groups is 1. The third-order valence-electron chi connectivity index (χ3n) is 6.29. The number of hydrogen-bond donors (Lipinski definition) is 2. The quantitative estimate of drug-likeness (QED) is 0.503. The molecule has 4 aromatic rings. The van der Waals surface area contributed by atoms with Crippen LogP contribution in [0.25, 0.3) is 21.8 Å². The number of carbonyl (C=O) groups excluding carboxylic acids is 1. The molecule has 4 nitrogen and oxygen atoms in total. The van der Waals surface area contributed by atoms with E-state index in [1.165, 1.54) is 16.5 Å². The van der Waals surface area contributed by atoms with Crippen LogP contribution in [0.2, 0.25) is 0 Å². The zero-order chi connectivity index (χ0) is 18.8. The lowest BCUT2D eigenvalue weighted by molar-refractivity contribution is -0.120. The maximum atomic E-state index is 13.1. The molecule has 0 spiro atoms. The van der Waals surface area contributed by atoms with Crippen molar-refractivity contribution < 1.29 is 4.79 Å². The van der Waals surface area contributed by atoms with Gasteiger partial charge in [-0.2, -0.15) is 0 Å². The molecule has 2 aliphatic heterocycles. The van der Waals surface area contributed by atoms with Crippen molar-refractivity contribution in [2.24, 2.45) is 0 Å². The van der Waals surface area contributed by atoms with Crippen LogP contribution in [-0.2, 0) is 17.8 Å². The Bertz CT molecular complexity index is 1280. The Morgan fingerprint density at radius 3 is 2.79 bits per heavy atom. The Balaban J connectivity index is 1.58. The molecule has 2 aromatic heterocycles. The van der Waals surface area contributed by atoms with Gasteiger partial charge in [-0.1, -0.05) is 48.6 Å². The molecular weight excluding hydrogens is 366 g/mol. The molecule has 5 heteroatoms. The molecule has 6 rings (SSSR count). The van der Waals surface area contributed by atoms with Gasteiger partial charge >= 0.3 is 0 Å². The fraction of sp³-hybridized carbons (Fsp3) is 0.217. The summed E-state index contributed by atoms with van der Waals surface area (Å²) >= 11 is 5.65. The molecule has 1 saturated heterocycles. The van der Waals surface area contributed by atoms with Gasteiger partial charge in [0.2, 0.25) is 5.91 Å². The minimum atomic E-state index is -0.302. The summed E-state index contributed by atoms with van der Waals surface area (Å²) in [5, 5.41) is 5.28. The van der Waals surface area contributed by atoms with Crippen LogP contribution in [0.15, 0.2) is 54.9 Å². The average molecular weight is 385 g/mol. The molecule has 0 saturated carbocycles. The molecule has 1 unspecified atom stereocenters. The lowest BCUT2D eigenvalue weighted by atomic mass is 9.83. The molecule has 2 N–H and O–H groups in total. The van der Waals surface area contributed by atoms with E-state index >= 15 is 0 Å². The van der Waals surface area contributed by atoms with E-state index in [1.807, 2.05) is 18.3 Å². The summed E-state index contributed by atoms with van der Waals surface area (Å²) in [5.74, 6) is -0.449. The van der Waals surface area contributed by atoms with Crippen molar-refractivity contribution >= 4 is 44.9 Å². The summed E-state index contributed by atoms with van der Waals surface area (Å²) in [6.07, 6.45) is 6.44. The molecular formula is C23H19N3OS. The highest BCUT2D eigenvalue weighted by Gasteiger charge is 2.43. The first-order valence-corrected chi connectivity index (χ1v) is 10.1. The Hall–Kier alpha value is -2.92. The highest BCUT2D eigenvalue weighted by Crippen LogP contribution is 2.44. The number of aromatic amines is 1. The average Bonchev–Trinajstić information content (AvgIpc) is 3.37. The van der Waals surface area contributed by atoms with Gasteiger partial charge in [-0.25, -0.2) is 0 Å². The largest absolute Gasteiger partial charge is 0.361 e. The molecule has 28 heavy (non-hydrogen) atoms. The van der Waals surface area contributed by atoms with E-state index < -0.39 is 0 Å². The molecule has 1 amide bonds. The first-order valence-electron chi connectivity index (χ1n) is 9.74. The standard InChI is InChI=1S/C23H19N3OS/c27-22-19(17-12-26-10-4-6-13-5-3-8-15(17)21(13)26)20(23(28)25-22)16-11-24-18-9-2-1-7-14(16)18/h1-3,5,7-9,11-12,19-20,24H,4,6,10H2,(H,25,27,28)/t19-,20?/m0/s1. The predicted octanol–water partition coefficient (Wildman–Crippen LogP) is 4.39. The number of nitrogens with one attached hydrogen (secondary N) is 2. The normalized spacial score (nSPS) is 21.6. The molecule has 0 bridgehead atoms. The number of aromatic nitrogens is 2. The monoisotopic (exact) mass is 385 g/mol. The van der Waals surface area contributed by atoms with E-state index in [4.69, 9.17) is 12.2 Å². The van der Waals surface area contributed by atoms with Crippen LogP contribution >= 0.6 is 12.2 Å². The maximum Gasteiger partial charge on any atom is 0.233 e. The van der Waals surface area contributed by atoms with Crippen LogP contribution in [-0.4, -0.2) is 20.4 Å². The zero-order valence-corrected chi connectivity index (χ0v) is 16.1. The van der Waals surface area contributed by atoms with Crippen molar-refractivity contribution in [1.82, 2.24) is 14.9 Å². The van der Waals surface area contributed by atoms with E-state index in [0.29, 0.717) is 4.99 Å². The highest BCUT2D eigenvalue weighted by molar-refractivity contribution is 7.80. The fourth-order valence-electron chi connectivity index (χ4n) is 5.10. The van der Waals surface area contributed by atoms with Crippen LogP contribution in [0.1, 0.15) is 34.9 Å². The van der Waals surface area contributed by atoms with Gasteiger partial charge in [0.05, 0.1) is 22.3 Å². The number of H-pyrrole nitrogens is 1. The highest BCUT2D eigenvalue weighted by atomic mass is 32.1. The summed E-state index contributed by atoms with van der Waals surface area (Å²) in [5.41, 5.74) is 5.91. The molecule has 2 aromatic carbocycles. The van der Waals surface area contributed by atoms with E-state index in [2.05, 4.69) is 51.4 Å². The zero-order valence-electron chi connectivity index (χ0n) is 15.2. The number of carbonyl (C=O) groups is 1. The lowest BCUT2D eigenvalue weighted by Crippen LogP contribution is -2.20. The number of nitrogens with zero attached hydrogens (tertiary/aromatic N) is 1. The van der Waals surface area contributed by atoms with Gasteiger partial charge < -0.3 is 14.9 Å². The number of benzene rings is 2. The molecule has 2 atom stereocenters. The molecule has 1 fully saturated rings.